The molecule has 2 aromatic rings. The third-order valence-electron chi connectivity index (χ3n) is 4.50. The summed E-state index contributed by atoms with van der Waals surface area (Å²) in [5, 5.41) is 5.14. The summed E-state index contributed by atoms with van der Waals surface area (Å²) in [6.45, 7) is 5.69. The van der Waals surface area contributed by atoms with E-state index in [0.29, 0.717) is 0 Å². The molecular formula is C20H25LiN2. The topological polar surface area (TPSA) is 17.3 Å². The van der Waals surface area contributed by atoms with Gasteiger partial charge in [-0.05, 0) is 32.5 Å². The fourth-order valence-corrected chi connectivity index (χ4v) is 3.21. The van der Waals surface area contributed by atoms with Crippen molar-refractivity contribution in [1.29, 1.82) is 0 Å². The Bertz CT molecular complexity index is 552. The summed E-state index contributed by atoms with van der Waals surface area (Å²) in [5.74, 6) is 0. The van der Waals surface area contributed by atoms with Crippen molar-refractivity contribution in [2.45, 2.75) is 31.8 Å². The second-order valence-corrected chi connectivity index (χ2v) is 6.17. The maximum atomic E-state index is 5.14. The van der Waals surface area contributed by atoms with Crippen molar-refractivity contribution in [3.63, 3.8) is 0 Å². The van der Waals surface area contributed by atoms with Gasteiger partial charge in [0.1, 0.15) is 0 Å². The molecule has 0 bridgehead atoms. The predicted octanol–water partition coefficient (Wildman–Crippen LogP) is 1.96. The summed E-state index contributed by atoms with van der Waals surface area (Å²) >= 11 is 0. The Morgan fingerprint density at radius 1 is 0.870 bits per heavy atom. The molecule has 1 aliphatic rings. The van der Waals surface area contributed by atoms with Gasteiger partial charge in [0, 0.05) is 0 Å². The molecule has 3 heteroatoms. The Labute approximate surface area is 152 Å². The molecule has 1 fully saturated rings. The van der Waals surface area contributed by atoms with E-state index in [0.717, 1.165) is 6.54 Å². The number of benzene rings is 2. The quantitative estimate of drug-likeness (QED) is 0.746. The van der Waals surface area contributed by atoms with Crippen molar-refractivity contribution in [2.24, 2.45) is 0 Å². The summed E-state index contributed by atoms with van der Waals surface area (Å²) < 4.78 is 0. The van der Waals surface area contributed by atoms with Crippen molar-refractivity contribution in [2.75, 3.05) is 19.6 Å². The maximum Gasteiger partial charge on any atom is 1.00 e. The standard InChI is InChI=1S/C20H25N2.Li/c1-17(18-10-4-2-5-11-18)21-20(16-22-14-8-9-15-22)19-12-6-3-7-13-19;/h2-7,10-13,17,20H,8-9,14-16H2,1H3;/q-1;+1/t17-,20-;/m0./s1. The van der Waals surface area contributed by atoms with Gasteiger partial charge in [0.15, 0.2) is 0 Å². The Balaban J connectivity index is 0.00000192. The van der Waals surface area contributed by atoms with E-state index in [1.165, 1.54) is 37.1 Å². The van der Waals surface area contributed by atoms with Gasteiger partial charge in [-0.2, -0.15) is 0 Å². The van der Waals surface area contributed by atoms with Crippen LogP contribution < -0.4 is 18.9 Å². The third kappa shape index (κ3) is 5.23. The zero-order chi connectivity index (χ0) is 15.2. The molecule has 2 nitrogen and oxygen atoms in total. The monoisotopic (exact) mass is 300 g/mol. The zero-order valence-corrected chi connectivity index (χ0v) is 14.4. The zero-order valence-electron chi connectivity index (χ0n) is 14.4. The third-order valence-corrected chi connectivity index (χ3v) is 4.50. The molecule has 0 aromatic heterocycles. The van der Waals surface area contributed by atoms with E-state index in [1.54, 1.807) is 0 Å². The molecule has 0 saturated carbocycles. The molecule has 116 valence electrons. The van der Waals surface area contributed by atoms with Gasteiger partial charge in [-0.15, -0.1) is 6.04 Å². The van der Waals surface area contributed by atoms with E-state index in [2.05, 4.69) is 72.5 Å². The van der Waals surface area contributed by atoms with E-state index in [-0.39, 0.29) is 30.9 Å². The van der Waals surface area contributed by atoms with Crippen molar-refractivity contribution < 1.29 is 18.9 Å². The Morgan fingerprint density at radius 2 is 1.39 bits per heavy atom. The van der Waals surface area contributed by atoms with Crippen molar-refractivity contribution in [3.05, 3.63) is 77.1 Å². The maximum absolute atomic E-state index is 5.14. The van der Waals surface area contributed by atoms with Crippen LogP contribution in [0.2, 0.25) is 0 Å². The van der Waals surface area contributed by atoms with E-state index < -0.39 is 0 Å². The summed E-state index contributed by atoms with van der Waals surface area (Å²) in [6.07, 6.45) is 2.66. The van der Waals surface area contributed by atoms with Gasteiger partial charge >= 0.3 is 18.9 Å². The number of nitrogens with zero attached hydrogens (tertiary/aromatic N) is 2. The van der Waals surface area contributed by atoms with Gasteiger partial charge < -0.3 is 10.2 Å². The number of rotatable bonds is 6. The van der Waals surface area contributed by atoms with Crippen LogP contribution in [0.4, 0.5) is 0 Å². The molecule has 0 aliphatic carbocycles. The summed E-state index contributed by atoms with van der Waals surface area (Å²) in [7, 11) is 0. The minimum atomic E-state index is 0. The van der Waals surface area contributed by atoms with Crippen LogP contribution in [0.15, 0.2) is 60.7 Å². The molecule has 3 rings (SSSR count). The van der Waals surface area contributed by atoms with E-state index in [9.17, 15) is 0 Å². The van der Waals surface area contributed by atoms with Crippen LogP contribution in [0, 0.1) is 0 Å². The van der Waals surface area contributed by atoms with Gasteiger partial charge in [-0.3, -0.25) is 0 Å². The molecule has 0 unspecified atom stereocenters. The van der Waals surface area contributed by atoms with Crippen LogP contribution in [0.1, 0.15) is 43.0 Å². The van der Waals surface area contributed by atoms with Gasteiger partial charge in [0.25, 0.3) is 0 Å². The van der Waals surface area contributed by atoms with Crippen LogP contribution in [-0.4, -0.2) is 24.5 Å². The average Bonchev–Trinajstić information content (AvgIpc) is 3.09. The minimum Gasteiger partial charge on any atom is -0.648 e. The molecule has 2 aromatic carbocycles. The first-order chi connectivity index (χ1) is 10.8. The fourth-order valence-electron chi connectivity index (χ4n) is 3.21. The molecule has 2 atom stereocenters. The summed E-state index contributed by atoms with van der Waals surface area (Å²) in [5.41, 5.74) is 2.63. The van der Waals surface area contributed by atoms with Crippen LogP contribution >= 0.6 is 0 Å². The summed E-state index contributed by atoms with van der Waals surface area (Å²) in [4.78, 5) is 2.55. The smallest absolute Gasteiger partial charge is 0.648 e. The van der Waals surface area contributed by atoms with Crippen molar-refractivity contribution >= 4 is 0 Å². The molecule has 1 saturated heterocycles. The first-order valence-corrected chi connectivity index (χ1v) is 8.35. The Morgan fingerprint density at radius 3 is 1.96 bits per heavy atom. The van der Waals surface area contributed by atoms with E-state index >= 15 is 0 Å². The van der Waals surface area contributed by atoms with Gasteiger partial charge in [-0.25, -0.2) is 0 Å². The fraction of sp³-hybridized carbons (Fsp3) is 0.400. The molecular weight excluding hydrogens is 275 g/mol. The van der Waals surface area contributed by atoms with Crippen molar-refractivity contribution in [1.82, 2.24) is 4.90 Å². The Kier molecular flexibility index (Phi) is 7.40. The van der Waals surface area contributed by atoms with Crippen molar-refractivity contribution in [3.8, 4) is 0 Å². The molecule has 0 amide bonds. The normalized spacial score (nSPS) is 17.4. The van der Waals surface area contributed by atoms with Gasteiger partial charge in [0.2, 0.25) is 0 Å². The predicted molar refractivity (Wildman–Crippen MR) is 93.1 cm³/mol. The van der Waals surface area contributed by atoms with Gasteiger partial charge in [0.05, 0.1) is 0 Å². The van der Waals surface area contributed by atoms with E-state index in [4.69, 9.17) is 5.32 Å². The number of likely N-dealkylation sites (tertiary alicyclic amines) is 1. The van der Waals surface area contributed by atoms with Crippen LogP contribution in [-0.2, 0) is 0 Å². The molecule has 1 aliphatic heterocycles. The van der Waals surface area contributed by atoms with E-state index in [1.807, 2.05) is 0 Å². The molecule has 0 radical (unpaired) electrons. The largest absolute Gasteiger partial charge is 1.00 e. The number of hydrogen-bond acceptors (Lipinski definition) is 1. The number of hydrogen-bond donors (Lipinski definition) is 0. The first kappa shape index (κ1) is 18.3. The Hall–Kier alpha value is -1.04. The molecule has 0 N–H and O–H groups in total. The molecule has 23 heavy (non-hydrogen) atoms. The second-order valence-electron chi connectivity index (χ2n) is 6.17. The van der Waals surface area contributed by atoms with Crippen LogP contribution in [0.25, 0.3) is 5.32 Å². The SMILES string of the molecule is C[C@H]([N-][C@@H](CN1CCCC1)c1ccccc1)c1ccccc1.[Li+]. The van der Waals surface area contributed by atoms with Crippen LogP contribution in [0.5, 0.6) is 0 Å². The van der Waals surface area contributed by atoms with Gasteiger partial charge in [-0.1, -0.05) is 84.8 Å². The average molecular weight is 300 g/mol. The minimum absolute atomic E-state index is 0. The second kappa shape index (κ2) is 9.30. The molecule has 0 spiro atoms. The first-order valence-electron chi connectivity index (χ1n) is 8.35. The molecule has 1 heterocycles. The summed E-state index contributed by atoms with van der Waals surface area (Å²) in [6, 6.07) is 21.8. The van der Waals surface area contributed by atoms with Crippen LogP contribution in [0.3, 0.4) is 0 Å².